The molecule has 0 aromatic rings. The molecule has 0 radical (unpaired) electrons. The molecule has 1 unspecified atom stereocenters. The molecule has 1 atom stereocenters. The summed E-state index contributed by atoms with van der Waals surface area (Å²) in [4.78, 5) is 5.10. The molecule has 0 bridgehead atoms. The van der Waals surface area contributed by atoms with Crippen LogP contribution in [0.25, 0.3) is 0 Å². The van der Waals surface area contributed by atoms with Gasteiger partial charge in [0, 0.05) is 32.2 Å². The van der Waals surface area contributed by atoms with Crippen LogP contribution < -0.4 is 5.32 Å². The third kappa shape index (κ3) is 5.48. The molecule has 110 valence electrons. The first-order chi connectivity index (χ1) is 9.00. The Labute approximate surface area is 118 Å². The minimum Gasteiger partial charge on any atom is -0.303 e. The standard InChI is InChI=1S/C15H30N4/c1-14(2)19-11-9-18(10-12-19)8-6-5-7-15(3,13-16)17-4/h14,17H,5-12H2,1-4H3. The zero-order chi connectivity index (χ0) is 14.3. The Balaban J connectivity index is 2.13. The molecule has 1 aliphatic rings. The number of piperazine rings is 1. The van der Waals surface area contributed by atoms with Crippen LogP contribution in [0.15, 0.2) is 0 Å². The first kappa shape index (κ1) is 16.4. The van der Waals surface area contributed by atoms with Crippen molar-refractivity contribution in [2.24, 2.45) is 0 Å². The molecule has 0 aromatic heterocycles. The van der Waals surface area contributed by atoms with E-state index in [4.69, 9.17) is 5.26 Å². The summed E-state index contributed by atoms with van der Waals surface area (Å²) in [5, 5.41) is 12.2. The topological polar surface area (TPSA) is 42.3 Å². The van der Waals surface area contributed by atoms with E-state index in [1.165, 1.54) is 39.1 Å². The summed E-state index contributed by atoms with van der Waals surface area (Å²) >= 11 is 0. The van der Waals surface area contributed by atoms with Crippen LogP contribution in [-0.2, 0) is 0 Å². The van der Waals surface area contributed by atoms with Crippen molar-refractivity contribution in [3.63, 3.8) is 0 Å². The zero-order valence-corrected chi connectivity index (χ0v) is 13.1. The number of hydrogen-bond donors (Lipinski definition) is 1. The van der Waals surface area contributed by atoms with Crippen molar-refractivity contribution >= 4 is 0 Å². The van der Waals surface area contributed by atoms with Crippen LogP contribution in [0.5, 0.6) is 0 Å². The first-order valence-electron chi connectivity index (χ1n) is 7.57. The quantitative estimate of drug-likeness (QED) is 0.712. The lowest BCUT2D eigenvalue weighted by molar-refractivity contribution is 0.107. The highest BCUT2D eigenvalue weighted by molar-refractivity contribution is 5.02. The van der Waals surface area contributed by atoms with Gasteiger partial charge in [0.1, 0.15) is 5.54 Å². The maximum atomic E-state index is 9.09. The van der Waals surface area contributed by atoms with E-state index in [2.05, 4.69) is 35.0 Å². The molecule has 1 N–H and O–H groups in total. The molecule has 4 heteroatoms. The Morgan fingerprint density at radius 3 is 2.32 bits per heavy atom. The highest BCUT2D eigenvalue weighted by atomic mass is 15.3. The van der Waals surface area contributed by atoms with Crippen LogP contribution >= 0.6 is 0 Å². The third-order valence-electron chi connectivity index (χ3n) is 4.34. The lowest BCUT2D eigenvalue weighted by atomic mass is 9.97. The second-order valence-corrected chi connectivity index (χ2v) is 6.12. The zero-order valence-electron chi connectivity index (χ0n) is 13.1. The van der Waals surface area contributed by atoms with Crippen molar-refractivity contribution in [2.75, 3.05) is 39.8 Å². The van der Waals surface area contributed by atoms with E-state index in [-0.39, 0.29) is 5.54 Å². The molecule has 19 heavy (non-hydrogen) atoms. The van der Waals surface area contributed by atoms with E-state index >= 15 is 0 Å². The Kier molecular flexibility index (Phi) is 6.78. The summed E-state index contributed by atoms with van der Waals surface area (Å²) in [6.45, 7) is 12.5. The Morgan fingerprint density at radius 2 is 1.84 bits per heavy atom. The number of nitrogens with one attached hydrogen (secondary N) is 1. The Morgan fingerprint density at radius 1 is 1.21 bits per heavy atom. The molecule has 0 aliphatic carbocycles. The van der Waals surface area contributed by atoms with Gasteiger partial charge in [0.2, 0.25) is 0 Å². The van der Waals surface area contributed by atoms with Gasteiger partial charge in [-0.1, -0.05) is 0 Å². The fraction of sp³-hybridized carbons (Fsp3) is 0.933. The van der Waals surface area contributed by atoms with Crippen molar-refractivity contribution in [1.29, 1.82) is 5.26 Å². The second-order valence-electron chi connectivity index (χ2n) is 6.12. The van der Waals surface area contributed by atoms with E-state index in [1.807, 2.05) is 14.0 Å². The minimum atomic E-state index is -0.351. The van der Waals surface area contributed by atoms with Crippen LogP contribution in [0.2, 0.25) is 0 Å². The largest absolute Gasteiger partial charge is 0.303 e. The van der Waals surface area contributed by atoms with Crippen LogP contribution in [0.1, 0.15) is 40.0 Å². The normalized spacial score (nSPS) is 21.3. The molecule has 1 rings (SSSR count). The predicted molar refractivity (Wildman–Crippen MR) is 80.1 cm³/mol. The maximum absolute atomic E-state index is 9.09. The van der Waals surface area contributed by atoms with Gasteiger partial charge in [-0.15, -0.1) is 0 Å². The summed E-state index contributed by atoms with van der Waals surface area (Å²) in [6, 6.07) is 3.03. The molecule has 0 saturated carbocycles. The lowest BCUT2D eigenvalue weighted by Crippen LogP contribution is -2.49. The van der Waals surface area contributed by atoms with E-state index in [0.717, 1.165) is 12.8 Å². The van der Waals surface area contributed by atoms with Gasteiger partial charge in [-0.05, 0) is 53.6 Å². The molecule has 0 aromatic carbocycles. The van der Waals surface area contributed by atoms with Crippen molar-refractivity contribution in [3.05, 3.63) is 0 Å². The number of nitrogens with zero attached hydrogens (tertiary/aromatic N) is 3. The van der Waals surface area contributed by atoms with E-state index < -0.39 is 0 Å². The maximum Gasteiger partial charge on any atom is 0.103 e. The predicted octanol–water partition coefficient (Wildman–Crippen LogP) is 1.68. The number of hydrogen-bond acceptors (Lipinski definition) is 4. The van der Waals surface area contributed by atoms with Gasteiger partial charge in [-0.2, -0.15) is 5.26 Å². The Bertz CT molecular complexity index is 289. The van der Waals surface area contributed by atoms with Gasteiger partial charge >= 0.3 is 0 Å². The molecule has 0 spiro atoms. The highest BCUT2D eigenvalue weighted by Crippen LogP contribution is 2.13. The van der Waals surface area contributed by atoms with E-state index in [1.54, 1.807) is 0 Å². The second kappa shape index (κ2) is 7.84. The van der Waals surface area contributed by atoms with Gasteiger partial charge in [-0.3, -0.25) is 4.90 Å². The molecule has 1 saturated heterocycles. The summed E-state index contributed by atoms with van der Waals surface area (Å²) < 4.78 is 0. The van der Waals surface area contributed by atoms with Gasteiger partial charge in [-0.25, -0.2) is 0 Å². The fourth-order valence-corrected chi connectivity index (χ4v) is 2.55. The van der Waals surface area contributed by atoms with Crippen molar-refractivity contribution in [2.45, 2.75) is 51.6 Å². The van der Waals surface area contributed by atoms with Crippen LogP contribution in [0.3, 0.4) is 0 Å². The number of unbranched alkanes of at least 4 members (excludes halogenated alkanes) is 1. The summed E-state index contributed by atoms with van der Waals surface area (Å²) in [7, 11) is 1.87. The van der Waals surface area contributed by atoms with Gasteiger partial charge in [0.05, 0.1) is 6.07 Å². The molecular weight excluding hydrogens is 236 g/mol. The van der Waals surface area contributed by atoms with E-state index in [0.29, 0.717) is 6.04 Å². The molecular formula is C15H30N4. The van der Waals surface area contributed by atoms with E-state index in [9.17, 15) is 0 Å². The molecule has 4 nitrogen and oxygen atoms in total. The molecule has 0 amide bonds. The molecule has 1 heterocycles. The minimum absolute atomic E-state index is 0.351. The summed E-state index contributed by atoms with van der Waals surface area (Å²) in [5.74, 6) is 0. The Hall–Kier alpha value is -0.630. The van der Waals surface area contributed by atoms with Crippen LogP contribution in [0, 0.1) is 11.3 Å². The number of rotatable bonds is 7. The van der Waals surface area contributed by atoms with Gasteiger partial charge in [0.25, 0.3) is 0 Å². The highest BCUT2D eigenvalue weighted by Gasteiger charge is 2.21. The van der Waals surface area contributed by atoms with Crippen LogP contribution in [-0.4, -0.2) is 61.2 Å². The lowest BCUT2D eigenvalue weighted by Gasteiger charge is -2.37. The third-order valence-corrected chi connectivity index (χ3v) is 4.34. The van der Waals surface area contributed by atoms with Gasteiger partial charge in [0.15, 0.2) is 0 Å². The van der Waals surface area contributed by atoms with Gasteiger partial charge < -0.3 is 10.2 Å². The SMILES string of the molecule is CNC(C)(C#N)CCCCN1CCN(C(C)C)CC1. The first-order valence-corrected chi connectivity index (χ1v) is 7.57. The molecule has 1 aliphatic heterocycles. The van der Waals surface area contributed by atoms with Crippen molar-refractivity contribution in [1.82, 2.24) is 15.1 Å². The average molecular weight is 266 g/mol. The fourth-order valence-electron chi connectivity index (χ4n) is 2.55. The van der Waals surface area contributed by atoms with Crippen molar-refractivity contribution < 1.29 is 0 Å². The smallest absolute Gasteiger partial charge is 0.103 e. The van der Waals surface area contributed by atoms with Crippen LogP contribution in [0.4, 0.5) is 0 Å². The number of nitriles is 1. The molecule has 1 fully saturated rings. The monoisotopic (exact) mass is 266 g/mol. The summed E-state index contributed by atoms with van der Waals surface area (Å²) in [6.07, 6.45) is 3.25. The summed E-state index contributed by atoms with van der Waals surface area (Å²) in [5.41, 5.74) is -0.351. The van der Waals surface area contributed by atoms with Crippen molar-refractivity contribution in [3.8, 4) is 6.07 Å². The average Bonchev–Trinajstić information content (AvgIpc) is 2.44.